The maximum absolute atomic E-state index is 13.4. The van der Waals surface area contributed by atoms with Crippen molar-refractivity contribution in [1.82, 2.24) is 30.1 Å². The van der Waals surface area contributed by atoms with Crippen molar-refractivity contribution in [1.29, 1.82) is 0 Å². The highest BCUT2D eigenvalue weighted by molar-refractivity contribution is 8.00. The summed E-state index contributed by atoms with van der Waals surface area (Å²) in [7, 11) is 5.69. The maximum Gasteiger partial charge on any atom is 0.351 e. The summed E-state index contributed by atoms with van der Waals surface area (Å²) < 4.78 is 3.93. The van der Waals surface area contributed by atoms with Gasteiger partial charge in [-0.05, 0) is 44.1 Å². The van der Waals surface area contributed by atoms with Crippen LogP contribution in [0.4, 0.5) is 11.1 Å². The lowest BCUT2D eigenvalue weighted by Gasteiger charge is -2.50. The first-order chi connectivity index (χ1) is 22.8. The number of pyridine rings is 1. The van der Waals surface area contributed by atoms with E-state index in [1.165, 1.54) is 18.7 Å². The van der Waals surface area contributed by atoms with Crippen LogP contribution in [0.3, 0.4) is 0 Å². The monoisotopic (exact) mass is 720 g/mol. The van der Waals surface area contributed by atoms with Crippen molar-refractivity contribution in [3.05, 3.63) is 39.6 Å². The van der Waals surface area contributed by atoms with Crippen molar-refractivity contribution < 1.29 is 38.8 Å². The van der Waals surface area contributed by atoms with Gasteiger partial charge in [0.25, 0.3) is 11.8 Å². The van der Waals surface area contributed by atoms with Crippen molar-refractivity contribution in [3.63, 3.8) is 0 Å². The van der Waals surface area contributed by atoms with E-state index < -0.39 is 47.0 Å². The van der Waals surface area contributed by atoms with Crippen LogP contribution in [-0.2, 0) is 37.1 Å². The van der Waals surface area contributed by atoms with Gasteiger partial charge in [0.1, 0.15) is 33.5 Å². The quantitative estimate of drug-likeness (QED) is 0.0516. The summed E-state index contributed by atoms with van der Waals surface area (Å²) in [4.78, 5) is 67.3. The molecule has 0 aromatic carbocycles. The molecule has 0 saturated carbocycles. The smallest absolute Gasteiger partial charge is 0.351 e. The second-order valence-electron chi connectivity index (χ2n) is 11.1. The van der Waals surface area contributed by atoms with Gasteiger partial charge in [0.2, 0.25) is 6.10 Å². The number of carboxylic acid groups (broad SMARTS) is 2. The lowest BCUT2D eigenvalue weighted by molar-refractivity contribution is -0.664. The molecule has 2 unspecified atom stereocenters. The molecule has 5 N–H and O–H groups in total. The number of amides is 2. The summed E-state index contributed by atoms with van der Waals surface area (Å²) in [6.45, 7) is 2.87. The molecule has 0 aliphatic carbocycles. The van der Waals surface area contributed by atoms with Crippen molar-refractivity contribution in [2.75, 3.05) is 44.1 Å². The Morgan fingerprint density at radius 2 is 2.10 bits per heavy atom. The van der Waals surface area contributed by atoms with Gasteiger partial charge in [0.15, 0.2) is 10.8 Å². The number of halogens is 1. The van der Waals surface area contributed by atoms with Crippen LogP contribution >= 0.6 is 34.7 Å². The van der Waals surface area contributed by atoms with E-state index in [0.29, 0.717) is 17.8 Å². The van der Waals surface area contributed by atoms with Crippen LogP contribution in [0, 0.1) is 0 Å². The molecule has 2 aliphatic rings. The number of carbonyl (C=O) groups excluding carboxylic acids is 3. The van der Waals surface area contributed by atoms with Crippen LogP contribution in [0.5, 0.6) is 0 Å². The lowest BCUT2D eigenvalue weighted by Crippen LogP contribution is -2.71. The van der Waals surface area contributed by atoms with Gasteiger partial charge in [0, 0.05) is 32.0 Å². The Bertz CT molecular complexity index is 1840. The molecule has 1 saturated heterocycles. The van der Waals surface area contributed by atoms with Crippen LogP contribution < -0.4 is 30.9 Å². The largest absolute Gasteiger partial charge is 0.543 e. The number of carbonyl (C=O) groups is 4. The maximum atomic E-state index is 13.4. The summed E-state index contributed by atoms with van der Waals surface area (Å²) in [5.74, 6) is -3.55. The minimum absolute atomic E-state index is 0.0126. The zero-order chi connectivity index (χ0) is 34.9. The third kappa shape index (κ3) is 6.75. The van der Waals surface area contributed by atoms with Gasteiger partial charge in [-0.25, -0.2) is 14.3 Å². The van der Waals surface area contributed by atoms with E-state index in [0.717, 1.165) is 40.7 Å². The Labute approximate surface area is 287 Å². The third-order valence-electron chi connectivity index (χ3n) is 7.55. The number of imidazole rings is 1. The topological polar surface area (TPSA) is 224 Å². The van der Waals surface area contributed by atoms with Gasteiger partial charge < -0.3 is 41.1 Å². The minimum atomic E-state index is -1.53. The highest BCUT2D eigenvalue weighted by atomic mass is 35.5. The summed E-state index contributed by atoms with van der Waals surface area (Å²) in [5, 5.41) is 30.2. The van der Waals surface area contributed by atoms with Crippen molar-refractivity contribution in [2.45, 2.75) is 44.0 Å². The number of hydrogen-bond acceptors (Lipinski definition) is 14. The highest BCUT2D eigenvalue weighted by Crippen LogP contribution is 2.40. The molecule has 3 aromatic rings. The van der Waals surface area contributed by atoms with Gasteiger partial charge in [-0.1, -0.05) is 28.1 Å². The average Bonchev–Trinajstić information content (AvgIpc) is 3.58. The number of aromatic nitrogens is 4. The molecular weight excluding hydrogens is 688 g/mol. The zero-order valence-electron chi connectivity index (χ0n) is 26.3. The van der Waals surface area contributed by atoms with E-state index in [4.69, 9.17) is 32.3 Å². The number of hydrogen-bond donors (Lipinski definition) is 4. The number of nitrogens with zero attached hydrogens (tertiary/aromatic N) is 7. The first kappa shape index (κ1) is 34.9. The Morgan fingerprint density at radius 3 is 2.73 bits per heavy atom. The SMILES string of the molecule is CNCCCn1c(N(C)C)nc2c1ccc[n+]2CC1=C(C(=O)[O-])N2C(=O)C(NC(=O)/C(=N\O[C@@H](C)C(=O)O)c3nc(N)sc3Cl)C2SC1. The molecule has 0 bridgehead atoms. The summed E-state index contributed by atoms with van der Waals surface area (Å²) in [5.41, 5.74) is 6.73. The molecule has 20 heteroatoms. The number of fused-ring (bicyclic) bond motifs is 2. The number of thiazole rings is 1. The van der Waals surface area contributed by atoms with E-state index in [9.17, 15) is 24.3 Å². The fraction of sp³-hybridized carbons (Fsp3) is 0.429. The molecule has 3 aromatic heterocycles. The van der Waals surface area contributed by atoms with Gasteiger partial charge in [-0.2, -0.15) is 0 Å². The molecule has 1 fully saturated rings. The fourth-order valence-corrected chi connectivity index (χ4v) is 7.53. The Kier molecular flexibility index (Phi) is 10.4. The molecular formula is C28H33ClN10O7S2. The molecule has 2 aliphatic heterocycles. The third-order valence-corrected chi connectivity index (χ3v) is 9.97. The number of carboxylic acids is 2. The number of aryl methyl sites for hydroxylation is 1. The van der Waals surface area contributed by atoms with Crippen LogP contribution in [-0.4, -0.2) is 105 Å². The van der Waals surface area contributed by atoms with E-state index in [2.05, 4.69) is 25.3 Å². The predicted octanol–water partition coefficient (Wildman–Crippen LogP) is -1.01. The normalized spacial score (nSPS) is 18.4. The van der Waals surface area contributed by atoms with Crippen LogP contribution in [0.1, 0.15) is 19.0 Å². The van der Waals surface area contributed by atoms with Gasteiger partial charge >= 0.3 is 17.6 Å². The van der Waals surface area contributed by atoms with Gasteiger partial charge in [-0.15, -0.1) is 11.8 Å². The van der Waals surface area contributed by atoms with Crippen LogP contribution in [0.15, 0.2) is 34.8 Å². The zero-order valence-corrected chi connectivity index (χ0v) is 28.7. The number of thioether (sulfide) groups is 1. The van der Waals surface area contributed by atoms with Crippen molar-refractivity contribution in [3.8, 4) is 0 Å². The molecule has 5 rings (SSSR count). The molecule has 0 radical (unpaired) electrons. The summed E-state index contributed by atoms with van der Waals surface area (Å²) in [6, 6.07) is 2.66. The Hall–Kier alpha value is -4.46. The molecule has 5 heterocycles. The number of aliphatic carboxylic acids is 2. The Balaban J connectivity index is 1.40. The van der Waals surface area contributed by atoms with E-state index in [1.54, 1.807) is 6.20 Å². The summed E-state index contributed by atoms with van der Waals surface area (Å²) >= 11 is 8.30. The Morgan fingerprint density at radius 1 is 1.35 bits per heavy atom. The van der Waals surface area contributed by atoms with Crippen molar-refractivity contribution >= 4 is 86.4 Å². The molecule has 2 amide bonds. The fourth-order valence-electron chi connectivity index (χ4n) is 5.27. The second-order valence-corrected chi connectivity index (χ2v) is 13.8. The first-order valence-electron chi connectivity index (χ1n) is 14.6. The molecule has 3 atom stereocenters. The molecule has 256 valence electrons. The van der Waals surface area contributed by atoms with Crippen molar-refractivity contribution in [2.24, 2.45) is 5.16 Å². The van der Waals surface area contributed by atoms with E-state index >= 15 is 0 Å². The van der Waals surface area contributed by atoms with Gasteiger partial charge in [-0.3, -0.25) is 19.1 Å². The number of nitrogen functional groups attached to an aromatic ring is 1. The van der Waals surface area contributed by atoms with E-state index in [-0.39, 0.29) is 33.2 Å². The average molecular weight is 721 g/mol. The number of β-lactam (4-membered cyclic amide) rings is 1. The molecule has 17 nitrogen and oxygen atoms in total. The number of rotatable bonds is 14. The molecule has 48 heavy (non-hydrogen) atoms. The second kappa shape index (κ2) is 14.3. The number of anilines is 2. The molecule has 0 spiro atoms. The highest BCUT2D eigenvalue weighted by Gasteiger charge is 2.53. The predicted molar refractivity (Wildman–Crippen MR) is 176 cm³/mol. The summed E-state index contributed by atoms with van der Waals surface area (Å²) in [6.07, 6.45) is 1.25. The number of nitrogens with two attached hydrogens (primary N) is 1. The lowest BCUT2D eigenvalue weighted by atomic mass is 10.0. The van der Waals surface area contributed by atoms with Gasteiger partial charge in [0.05, 0.1) is 17.9 Å². The standard InChI is InChI=1S/C28H33ClN10O7S2/c1-13(25(42)43)46-35-17(16-20(29)48-27(30)33-16)22(40)32-18-23(41)39-19(26(44)45)14(12-47-24(18)39)11-37-9-5-7-15-21(37)34-28(36(3)4)38(15)10-6-8-31-2/h5,7,9,13,18,24,31H,6,8,10-12H2,1-4H3,(H4-,30,32,33,40,42,43,44,45)/b35-17-/t13-,18?,24?/m0/s1. The number of oxime groups is 1. The van der Waals surface area contributed by atoms with Crippen LogP contribution in [0.25, 0.3) is 11.2 Å². The first-order valence-corrected chi connectivity index (χ1v) is 16.9. The van der Waals surface area contributed by atoms with E-state index in [1.807, 2.05) is 42.7 Å². The minimum Gasteiger partial charge on any atom is -0.543 e. The van der Waals surface area contributed by atoms with Crippen LogP contribution in [0.2, 0.25) is 4.34 Å². The number of nitrogens with one attached hydrogen (secondary N) is 2.